The number of anilines is 2. The second-order valence-corrected chi connectivity index (χ2v) is 9.79. The standard InChI is InChI=1S/C24H28FN5O4S/c1-14-20-22(29-18-4-3-15(25)9-19(18)34-16-5-7-32-12-16)27-13-28-24(20)35-21(14)23(31)26-10-17-11-30(2)6-8-33-17/h3-4,9,13,16-17H,5-8,10-12H2,1-2H3,(H,26,31)(H,27,28,29). The minimum atomic E-state index is -0.392. The highest BCUT2D eigenvalue weighted by Crippen LogP contribution is 2.37. The Kier molecular flexibility index (Phi) is 7.09. The fourth-order valence-electron chi connectivity index (χ4n) is 4.27. The lowest BCUT2D eigenvalue weighted by Crippen LogP contribution is -2.45. The van der Waals surface area contributed by atoms with Gasteiger partial charge in [0.2, 0.25) is 0 Å². The van der Waals surface area contributed by atoms with Crippen LogP contribution in [0.25, 0.3) is 10.2 Å². The Balaban J connectivity index is 1.37. The van der Waals surface area contributed by atoms with E-state index in [2.05, 4.69) is 25.5 Å². The summed E-state index contributed by atoms with van der Waals surface area (Å²) in [5, 5.41) is 7.00. The summed E-state index contributed by atoms with van der Waals surface area (Å²) in [6, 6.07) is 4.33. The number of nitrogens with zero attached hydrogens (tertiary/aromatic N) is 3. The molecule has 0 saturated carbocycles. The summed E-state index contributed by atoms with van der Waals surface area (Å²) in [6.45, 7) is 5.74. The van der Waals surface area contributed by atoms with Gasteiger partial charge < -0.3 is 29.7 Å². The number of benzene rings is 1. The van der Waals surface area contributed by atoms with Gasteiger partial charge in [0.05, 0.1) is 41.9 Å². The highest BCUT2D eigenvalue weighted by Gasteiger charge is 2.24. The molecular formula is C24H28FN5O4S. The average Bonchev–Trinajstić information content (AvgIpc) is 3.47. The van der Waals surface area contributed by atoms with Gasteiger partial charge in [-0.25, -0.2) is 14.4 Å². The van der Waals surface area contributed by atoms with Crippen LogP contribution < -0.4 is 15.4 Å². The number of hydrogen-bond donors (Lipinski definition) is 2. The lowest BCUT2D eigenvalue weighted by atomic mass is 10.2. The van der Waals surface area contributed by atoms with Gasteiger partial charge in [0.1, 0.15) is 34.6 Å². The molecule has 0 spiro atoms. The summed E-state index contributed by atoms with van der Waals surface area (Å²) in [7, 11) is 2.04. The van der Waals surface area contributed by atoms with E-state index in [1.807, 2.05) is 14.0 Å². The molecule has 5 rings (SSSR count). The van der Waals surface area contributed by atoms with Gasteiger partial charge >= 0.3 is 0 Å². The van der Waals surface area contributed by atoms with Crippen molar-refractivity contribution in [3.05, 3.63) is 40.8 Å². The van der Waals surface area contributed by atoms with E-state index in [1.165, 1.54) is 29.8 Å². The molecule has 0 bridgehead atoms. The normalized spacial score (nSPS) is 20.8. The molecule has 35 heavy (non-hydrogen) atoms. The summed E-state index contributed by atoms with van der Waals surface area (Å²) >= 11 is 1.31. The zero-order chi connectivity index (χ0) is 24.4. The van der Waals surface area contributed by atoms with Crippen molar-refractivity contribution in [2.45, 2.75) is 25.6 Å². The molecule has 4 heterocycles. The maximum Gasteiger partial charge on any atom is 0.261 e. The maximum absolute atomic E-state index is 14.0. The van der Waals surface area contributed by atoms with Crippen molar-refractivity contribution in [1.29, 1.82) is 0 Å². The van der Waals surface area contributed by atoms with Gasteiger partial charge in [-0.1, -0.05) is 0 Å². The number of hydrogen-bond acceptors (Lipinski definition) is 9. The monoisotopic (exact) mass is 501 g/mol. The number of amides is 1. The minimum Gasteiger partial charge on any atom is -0.486 e. The van der Waals surface area contributed by atoms with Crippen LogP contribution >= 0.6 is 11.3 Å². The number of ether oxygens (including phenoxy) is 3. The van der Waals surface area contributed by atoms with Crippen LogP contribution in [0.4, 0.5) is 15.9 Å². The van der Waals surface area contributed by atoms with Crippen molar-refractivity contribution in [2.75, 3.05) is 51.8 Å². The fourth-order valence-corrected chi connectivity index (χ4v) is 5.34. The number of morpholine rings is 1. The molecular weight excluding hydrogens is 473 g/mol. The summed E-state index contributed by atoms with van der Waals surface area (Å²) in [6.07, 6.45) is 2.03. The number of likely N-dealkylation sites (N-methyl/N-ethyl adjacent to an activating group) is 1. The predicted octanol–water partition coefficient (Wildman–Crippen LogP) is 3.11. The first-order chi connectivity index (χ1) is 17.0. The first kappa shape index (κ1) is 23.9. The molecule has 11 heteroatoms. The van der Waals surface area contributed by atoms with Gasteiger partial charge in [-0.05, 0) is 31.7 Å². The quantitative estimate of drug-likeness (QED) is 0.510. The van der Waals surface area contributed by atoms with Crippen LogP contribution in [0.1, 0.15) is 21.7 Å². The molecule has 186 valence electrons. The lowest BCUT2D eigenvalue weighted by molar-refractivity contribution is -0.0174. The van der Waals surface area contributed by atoms with E-state index >= 15 is 0 Å². The van der Waals surface area contributed by atoms with Gasteiger partial charge in [-0.2, -0.15) is 0 Å². The molecule has 1 amide bonds. The number of halogens is 1. The third-order valence-electron chi connectivity index (χ3n) is 6.14. The molecule has 2 aromatic heterocycles. The first-order valence-electron chi connectivity index (χ1n) is 11.6. The Morgan fingerprint density at radius 1 is 1.34 bits per heavy atom. The van der Waals surface area contributed by atoms with Crippen LogP contribution in [0.2, 0.25) is 0 Å². The van der Waals surface area contributed by atoms with Gasteiger partial charge in [0, 0.05) is 32.1 Å². The summed E-state index contributed by atoms with van der Waals surface area (Å²) in [5.41, 5.74) is 1.36. The number of fused-ring (bicyclic) bond motifs is 1. The van der Waals surface area contributed by atoms with Gasteiger partial charge in [-0.3, -0.25) is 4.79 Å². The number of aromatic nitrogens is 2. The largest absolute Gasteiger partial charge is 0.486 e. The van der Waals surface area contributed by atoms with Crippen LogP contribution in [0, 0.1) is 12.7 Å². The van der Waals surface area contributed by atoms with E-state index in [4.69, 9.17) is 14.2 Å². The molecule has 3 aromatic rings. The summed E-state index contributed by atoms with van der Waals surface area (Å²) in [5.74, 6) is 0.353. The molecule has 2 aliphatic heterocycles. The van der Waals surface area contributed by atoms with Crippen LogP contribution in [-0.2, 0) is 9.47 Å². The zero-order valence-corrected chi connectivity index (χ0v) is 20.5. The number of rotatable bonds is 7. The third kappa shape index (κ3) is 5.37. The Morgan fingerprint density at radius 3 is 3.03 bits per heavy atom. The Morgan fingerprint density at radius 2 is 2.23 bits per heavy atom. The second kappa shape index (κ2) is 10.4. The summed E-state index contributed by atoms with van der Waals surface area (Å²) < 4.78 is 31.1. The van der Waals surface area contributed by atoms with Crippen LogP contribution in [0.15, 0.2) is 24.5 Å². The third-order valence-corrected chi connectivity index (χ3v) is 7.34. The smallest absolute Gasteiger partial charge is 0.261 e. The predicted molar refractivity (Wildman–Crippen MR) is 131 cm³/mol. The number of nitrogens with one attached hydrogen (secondary N) is 2. The van der Waals surface area contributed by atoms with Gasteiger partial charge in [0.25, 0.3) is 5.91 Å². The zero-order valence-electron chi connectivity index (χ0n) is 19.7. The molecule has 2 fully saturated rings. The number of thiophene rings is 1. The molecule has 0 aliphatic carbocycles. The SMILES string of the molecule is Cc1c(C(=O)NCC2CN(C)CCO2)sc2ncnc(Nc3ccc(F)cc3OC3CCOC3)c12. The number of carbonyl (C=O) groups is 1. The van der Waals surface area contributed by atoms with Gasteiger partial charge in [0.15, 0.2) is 0 Å². The average molecular weight is 502 g/mol. The summed E-state index contributed by atoms with van der Waals surface area (Å²) in [4.78, 5) is 25.2. The Labute approximate surface area is 206 Å². The van der Waals surface area contributed by atoms with Crippen LogP contribution in [0.5, 0.6) is 5.75 Å². The molecule has 2 aliphatic rings. The van der Waals surface area contributed by atoms with Crippen molar-refractivity contribution in [2.24, 2.45) is 0 Å². The molecule has 2 N–H and O–H groups in total. The van der Waals surface area contributed by atoms with Crippen molar-refractivity contribution in [3.8, 4) is 5.75 Å². The maximum atomic E-state index is 14.0. The van der Waals surface area contributed by atoms with E-state index < -0.39 is 5.82 Å². The first-order valence-corrected chi connectivity index (χ1v) is 12.4. The van der Waals surface area contributed by atoms with E-state index in [-0.39, 0.29) is 18.1 Å². The molecule has 2 saturated heterocycles. The van der Waals surface area contributed by atoms with E-state index in [9.17, 15) is 9.18 Å². The van der Waals surface area contributed by atoms with Crippen molar-refractivity contribution >= 4 is 39.0 Å². The highest BCUT2D eigenvalue weighted by molar-refractivity contribution is 7.20. The van der Waals surface area contributed by atoms with Crippen LogP contribution in [-0.4, -0.2) is 79.5 Å². The van der Waals surface area contributed by atoms with Crippen molar-refractivity contribution in [1.82, 2.24) is 20.2 Å². The van der Waals surface area contributed by atoms with Crippen molar-refractivity contribution < 1.29 is 23.4 Å². The number of carbonyl (C=O) groups excluding carboxylic acids is 1. The molecule has 9 nitrogen and oxygen atoms in total. The molecule has 2 unspecified atom stereocenters. The van der Waals surface area contributed by atoms with Gasteiger partial charge in [-0.15, -0.1) is 11.3 Å². The Bertz CT molecular complexity index is 1220. The second-order valence-electron chi connectivity index (χ2n) is 8.79. The van der Waals surface area contributed by atoms with E-state index in [0.29, 0.717) is 53.3 Å². The van der Waals surface area contributed by atoms with E-state index in [0.717, 1.165) is 30.5 Å². The number of aryl methyl sites for hydroxylation is 1. The topological polar surface area (TPSA) is 97.8 Å². The molecule has 0 radical (unpaired) electrons. The Hall–Kier alpha value is -2.86. The van der Waals surface area contributed by atoms with E-state index in [1.54, 1.807) is 6.07 Å². The molecule has 1 aromatic carbocycles. The van der Waals surface area contributed by atoms with Crippen molar-refractivity contribution in [3.63, 3.8) is 0 Å². The fraction of sp³-hybridized carbons (Fsp3) is 0.458. The minimum absolute atomic E-state index is 0.0356. The van der Waals surface area contributed by atoms with Crippen LogP contribution in [0.3, 0.4) is 0 Å². The molecule has 2 atom stereocenters. The highest BCUT2D eigenvalue weighted by atomic mass is 32.1. The lowest BCUT2D eigenvalue weighted by Gasteiger charge is -2.30.